The van der Waals surface area contributed by atoms with Crippen LogP contribution < -0.4 is 15.5 Å². The summed E-state index contributed by atoms with van der Waals surface area (Å²) in [5, 5.41) is 8.35. The van der Waals surface area contributed by atoms with Crippen LogP contribution in [0.15, 0.2) is 30.6 Å². The van der Waals surface area contributed by atoms with Crippen molar-refractivity contribution in [2.24, 2.45) is 18.7 Å². The zero-order valence-electron chi connectivity index (χ0n) is 29.0. The molecule has 0 unspecified atom stereocenters. The zero-order valence-corrected chi connectivity index (χ0v) is 29.0. The van der Waals surface area contributed by atoms with E-state index in [1.807, 2.05) is 17.7 Å². The fourth-order valence-electron chi connectivity index (χ4n) is 7.32. The molecule has 3 saturated heterocycles. The summed E-state index contributed by atoms with van der Waals surface area (Å²) in [5.41, 5.74) is 5.08. The number of piperidine rings is 1. The molecule has 3 aromatic rings. The van der Waals surface area contributed by atoms with Gasteiger partial charge in [0.05, 0.1) is 25.3 Å². The maximum absolute atomic E-state index is 14.5. The van der Waals surface area contributed by atoms with Crippen molar-refractivity contribution in [3.63, 3.8) is 0 Å². The highest BCUT2D eigenvalue weighted by Gasteiger charge is 2.45. The van der Waals surface area contributed by atoms with Gasteiger partial charge in [0, 0.05) is 70.3 Å². The lowest BCUT2D eigenvalue weighted by Crippen LogP contribution is -2.49. The minimum Gasteiger partial charge on any atom is -0.379 e. The van der Waals surface area contributed by atoms with Crippen molar-refractivity contribution in [3.8, 4) is 0 Å². The second-order valence-corrected chi connectivity index (χ2v) is 14.1. The first-order chi connectivity index (χ1) is 23.9. The molecular formula is C35H46F3N9O3. The lowest BCUT2D eigenvalue weighted by atomic mass is 9.75. The van der Waals surface area contributed by atoms with E-state index in [9.17, 15) is 18.0 Å². The minimum atomic E-state index is -4.59. The molecule has 1 aromatic carbocycles. The standard InChI is InChI=1S/C33H41F3N8O2.C2H5NO/c1-22-5-4-6-42(16-22)17-23-11-25-26(27(12-23)33(34,35)36)18-44(31(25)45)29-14-24(13-28(38-29)43-9-7-40(2)8-10-43)32(19-46-20-32)15-30-39-37-21-41(30)3;3-1-2-4/h11-14,21-22H,4-10,15-20H2,1-3H3;2H,1,3H2/t22-;/m0./s1. The van der Waals surface area contributed by atoms with E-state index in [1.54, 1.807) is 12.4 Å². The monoisotopic (exact) mass is 697 g/mol. The van der Waals surface area contributed by atoms with Crippen LogP contribution in [0.2, 0.25) is 0 Å². The maximum atomic E-state index is 14.5. The Bertz CT molecular complexity index is 1690. The quantitative estimate of drug-likeness (QED) is 0.351. The second kappa shape index (κ2) is 14.7. The van der Waals surface area contributed by atoms with Gasteiger partial charge in [-0.25, -0.2) is 4.98 Å². The fourth-order valence-corrected chi connectivity index (χ4v) is 7.32. The van der Waals surface area contributed by atoms with E-state index in [2.05, 4.69) is 50.7 Å². The third-order valence-electron chi connectivity index (χ3n) is 10.2. The number of likely N-dealkylation sites (tertiary alicyclic amines) is 1. The summed E-state index contributed by atoms with van der Waals surface area (Å²) >= 11 is 0. The van der Waals surface area contributed by atoms with Crippen LogP contribution in [0.25, 0.3) is 0 Å². The van der Waals surface area contributed by atoms with Crippen molar-refractivity contribution in [2.75, 3.05) is 75.9 Å². The van der Waals surface area contributed by atoms with Crippen molar-refractivity contribution in [1.29, 1.82) is 0 Å². The third kappa shape index (κ3) is 7.55. The Hall–Kier alpha value is -3.92. The van der Waals surface area contributed by atoms with Crippen molar-refractivity contribution in [2.45, 2.75) is 50.9 Å². The number of hydrogen-bond donors (Lipinski definition) is 1. The van der Waals surface area contributed by atoms with Crippen LogP contribution in [0.1, 0.15) is 58.2 Å². The molecule has 7 rings (SSSR count). The van der Waals surface area contributed by atoms with Gasteiger partial charge >= 0.3 is 6.18 Å². The number of aromatic nitrogens is 4. The average Bonchev–Trinajstić information content (AvgIpc) is 3.63. The van der Waals surface area contributed by atoms with Crippen molar-refractivity contribution in [1.82, 2.24) is 29.5 Å². The van der Waals surface area contributed by atoms with Gasteiger partial charge in [0.2, 0.25) is 0 Å². The number of halogens is 3. The number of alkyl halides is 3. The van der Waals surface area contributed by atoms with E-state index in [-0.39, 0.29) is 24.2 Å². The molecular weight excluding hydrogens is 651 g/mol. The molecule has 0 bridgehead atoms. The van der Waals surface area contributed by atoms with Gasteiger partial charge in [-0.05, 0) is 73.3 Å². The van der Waals surface area contributed by atoms with E-state index < -0.39 is 23.1 Å². The molecule has 4 aliphatic rings. The largest absolute Gasteiger partial charge is 0.416 e. The molecule has 50 heavy (non-hydrogen) atoms. The van der Waals surface area contributed by atoms with E-state index in [0.717, 1.165) is 63.5 Å². The normalized spacial score (nSPS) is 21.0. The molecule has 2 N–H and O–H groups in total. The molecule has 1 amide bonds. The first-order valence-electron chi connectivity index (χ1n) is 17.2. The van der Waals surface area contributed by atoms with Crippen LogP contribution in [-0.2, 0) is 47.7 Å². The Morgan fingerprint density at radius 1 is 1.06 bits per heavy atom. The van der Waals surface area contributed by atoms with Gasteiger partial charge < -0.3 is 29.6 Å². The number of nitrogens with zero attached hydrogens (tertiary/aromatic N) is 8. The number of rotatable bonds is 8. The topological polar surface area (TPSA) is 126 Å². The number of amides is 1. The Morgan fingerprint density at radius 3 is 2.38 bits per heavy atom. The SMILES string of the molecule is C[C@H]1CCCN(Cc2cc3c(c(C(F)(F)F)c2)CN(c2cc(C4(Cc5nncn5C)COC4)cc(N4CCN(C)CC4)n2)C3=O)C1.NCC=O. The highest BCUT2D eigenvalue weighted by atomic mass is 19.4. The van der Waals surface area contributed by atoms with E-state index in [4.69, 9.17) is 14.5 Å². The van der Waals surface area contributed by atoms with Gasteiger partial charge in [-0.15, -0.1) is 10.2 Å². The molecule has 3 fully saturated rings. The number of nitrogens with two attached hydrogens (primary N) is 1. The van der Waals surface area contributed by atoms with Gasteiger partial charge in [0.25, 0.3) is 5.91 Å². The van der Waals surface area contributed by atoms with E-state index >= 15 is 0 Å². The predicted molar refractivity (Wildman–Crippen MR) is 182 cm³/mol. The number of carbonyl (C=O) groups excluding carboxylic acids is 2. The first kappa shape index (κ1) is 35.9. The molecule has 12 nitrogen and oxygen atoms in total. The van der Waals surface area contributed by atoms with Gasteiger partial charge in [0.1, 0.15) is 30.1 Å². The number of ether oxygens (including phenoxy) is 1. The molecule has 2 aromatic heterocycles. The van der Waals surface area contributed by atoms with Crippen LogP contribution in [0.5, 0.6) is 0 Å². The van der Waals surface area contributed by atoms with Crippen LogP contribution >= 0.6 is 0 Å². The molecule has 4 aliphatic heterocycles. The molecule has 15 heteroatoms. The molecule has 0 spiro atoms. The lowest BCUT2D eigenvalue weighted by Gasteiger charge is -2.42. The fraction of sp³-hybridized carbons (Fsp3) is 0.571. The average molecular weight is 698 g/mol. The summed E-state index contributed by atoms with van der Waals surface area (Å²) in [6.07, 6.45) is 0.436. The summed E-state index contributed by atoms with van der Waals surface area (Å²) in [6.45, 7) is 8.32. The maximum Gasteiger partial charge on any atom is 0.416 e. The molecule has 0 radical (unpaired) electrons. The van der Waals surface area contributed by atoms with Gasteiger partial charge in [-0.3, -0.25) is 14.6 Å². The van der Waals surface area contributed by atoms with E-state index in [1.165, 1.54) is 11.0 Å². The van der Waals surface area contributed by atoms with Gasteiger partial charge in [0.15, 0.2) is 0 Å². The summed E-state index contributed by atoms with van der Waals surface area (Å²) in [7, 11) is 3.97. The Labute approximate surface area is 290 Å². The molecule has 0 saturated carbocycles. The first-order valence-corrected chi connectivity index (χ1v) is 17.2. The summed E-state index contributed by atoms with van der Waals surface area (Å²) in [6, 6.07) is 6.84. The van der Waals surface area contributed by atoms with Crippen molar-refractivity contribution < 1.29 is 27.5 Å². The number of carbonyl (C=O) groups is 2. The smallest absolute Gasteiger partial charge is 0.379 e. The predicted octanol–water partition coefficient (Wildman–Crippen LogP) is 3.03. The third-order valence-corrected chi connectivity index (χ3v) is 10.2. The highest BCUT2D eigenvalue weighted by molar-refractivity contribution is 6.10. The number of benzene rings is 1. The Morgan fingerprint density at radius 2 is 1.78 bits per heavy atom. The number of hydrogen-bond acceptors (Lipinski definition) is 10. The van der Waals surface area contributed by atoms with Crippen LogP contribution in [0.3, 0.4) is 0 Å². The number of likely N-dealkylation sites (N-methyl/N-ethyl adjacent to an activating group) is 1. The van der Waals surface area contributed by atoms with E-state index in [0.29, 0.717) is 55.6 Å². The van der Waals surface area contributed by atoms with Crippen LogP contribution in [-0.4, -0.2) is 108 Å². The second-order valence-electron chi connectivity index (χ2n) is 14.1. The molecule has 1 atom stereocenters. The molecule has 6 heterocycles. The zero-order chi connectivity index (χ0) is 35.6. The van der Waals surface area contributed by atoms with Crippen LogP contribution in [0.4, 0.5) is 24.8 Å². The van der Waals surface area contributed by atoms with Crippen LogP contribution in [0, 0.1) is 5.92 Å². The molecule has 0 aliphatic carbocycles. The number of aldehydes is 1. The summed E-state index contributed by atoms with van der Waals surface area (Å²) in [4.78, 5) is 36.1. The number of pyridine rings is 1. The summed E-state index contributed by atoms with van der Waals surface area (Å²) in [5.74, 6) is 1.92. The van der Waals surface area contributed by atoms with Gasteiger partial charge in [-0.2, -0.15) is 13.2 Å². The van der Waals surface area contributed by atoms with Gasteiger partial charge in [-0.1, -0.05) is 6.92 Å². The number of fused-ring (bicyclic) bond motifs is 1. The Kier molecular flexibility index (Phi) is 10.6. The highest BCUT2D eigenvalue weighted by Crippen LogP contribution is 2.42. The Balaban J connectivity index is 0.00000103. The molecule has 270 valence electrons. The number of piperazine rings is 1. The number of anilines is 2. The van der Waals surface area contributed by atoms with Crippen molar-refractivity contribution in [3.05, 3.63) is 64.2 Å². The number of aryl methyl sites for hydroxylation is 1. The minimum absolute atomic E-state index is 0.0161. The lowest BCUT2D eigenvalue weighted by molar-refractivity contribution is -0.138. The van der Waals surface area contributed by atoms with Crippen molar-refractivity contribution >= 4 is 23.8 Å². The summed E-state index contributed by atoms with van der Waals surface area (Å²) < 4.78 is 51.3.